The van der Waals surface area contributed by atoms with Crippen LogP contribution in [0.2, 0.25) is 5.02 Å². The highest BCUT2D eigenvalue weighted by Gasteiger charge is 2.35. The SMILES string of the molecule is COc1cccc(CN(C(=O)C2=C(c3cccc(-c4ccccc4)c3)CCNC2)C2CC2)c1Cl. The molecule has 1 fully saturated rings. The van der Waals surface area contributed by atoms with Crippen LogP contribution in [0.25, 0.3) is 16.7 Å². The van der Waals surface area contributed by atoms with Crippen molar-refractivity contribution in [3.8, 4) is 16.9 Å². The molecular weight excluding hydrogens is 444 g/mol. The van der Waals surface area contributed by atoms with Gasteiger partial charge in [-0.1, -0.05) is 72.3 Å². The Morgan fingerprint density at radius 1 is 1.00 bits per heavy atom. The molecular formula is C29H29ClN2O2. The first-order valence-corrected chi connectivity index (χ1v) is 12.2. The van der Waals surface area contributed by atoms with Crippen molar-refractivity contribution in [1.29, 1.82) is 0 Å². The first-order valence-electron chi connectivity index (χ1n) is 11.9. The zero-order valence-electron chi connectivity index (χ0n) is 19.4. The Morgan fingerprint density at radius 3 is 2.50 bits per heavy atom. The van der Waals surface area contributed by atoms with Crippen LogP contribution in [-0.2, 0) is 11.3 Å². The van der Waals surface area contributed by atoms with E-state index < -0.39 is 0 Å². The third-order valence-corrected chi connectivity index (χ3v) is 7.08. The minimum absolute atomic E-state index is 0.105. The van der Waals surface area contributed by atoms with E-state index in [0.717, 1.165) is 53.6 Å². The van der Waals surface area contributed by atoms with E-state index in [1.165, 1.54) is 5.56 Å². The van der Waals surface area contributed by atoms with Crippen LogP contribution >= 0.6 is 11.6 Å². The lowest BCUT2D eigenvalue weighted by atomic mass is 9.91. The van der Waals surface area contributed by atoms with E-state index in [-0.39, 0.29) is 11.9 Å². The number of carbonyl (C=O) groups is 1. The van der Waals surface area contributed by atoms with E-state index in [2.05, 4.69) is 53.8 Å². The largest absolute Gasteiger partial charge is 0.495 e. The number of carbonyl (C=O) groups excluding carboxylic acids is 1. The van der Waals surface area contributed by atoms with Gasteiger partial charge in [0.05, 0.1) is 12.1 Å². The molecule has 5 heteroatoms. The maximum atomic E-state index is 13.9. The second kappa shape index (κ2) is 10.0. The average Bonchev–Trinajstić information content (AvgIpc) is 3.74. The highest BCUT2D eigenvalue weighted by molar-refractivity contribution is 6.32. The van der Waals surface area contributed by atoms with Crippen LogP contribution in [0.4, 0.5) is 0 Å². The molecule has 174 valence electrons. The molecule has 34 heavy (non-hydrogen) atoms. The summed E-state index contributed by atoms with van der Waals surface area (Å²) in [6.07, 6.45) is 2.90. The van der Waals surface area contributed by atoms with Crippen molar-refractivity contribution in [3.63, 3.8) is 0 Å². The molecule has 1 saturated carbocycles. The van der Waals surface area contributed by atoms with Crippen molar-refractivity contribution >= 4 is 23.1 Å². The van der Waals surface area contributed by atoms with E-state index in [0.29, 0.717) is 23.9 Å². The summed E-state index contributed by atoms with van der Waals surface area (Å²) in [5, 5.41) is 4.00. The van der Waals surface area contributed by atoms with Crippen molar-refractivity contribution < 1.29 is 9.53 Å². The minimum atomic E-state index is 0.105. The van der Waals surface area contributed by atoms with Crippen molar-refractivity contribution in [2.45, 2.75) is 31.8 Å². The number of ether oxygens (including phenoxy) is 1. The van der Waals surface area contributed by atoms with Gasteiger partial charge in [-0.05, 0) is 65.8 Å². The number of hydrogen-bond acceptors (Lipinski definition) is 3. The van der Waals surface area contributed by atoms with Crippen LogP contribution in [0, 0.1) is 0 Å². The Morgan fingerprint density at radius 2 is 1.74 bits per heavy atom. The van der Waals surface area contributed by atoms with E-state index in [1.54, 1.807) is 7.11 Å². The van der Waals surface area contributed by atoms with Gasteiger partial charge >= 0.3 is 0 Å². The molecule has 5 rings (SSSR count). The van der Waals surface area contributed by atoms with Crippen molar-refractivity contribution in [2.75, 3.05) is 20.2 Å². The van der Waals surface area contributed by atoms with Gasteiger partial charge < -0.3 is 15.0 Å². The molecule has 0 unspecified atom stereocenters. The summed E-state index contributed by atoms with van der Waals surface area (Å²) < 4.78 is 5.39. The molecule has 1 aliphatic heterocycles. The lowest BCUT2D eigenvalue weighted by molar-refractivity contribution is -0.128. The molecule has 1 aliphatic carbocycles. The fourth-order valence-corrected chi connectivity index (χ4v) is 4.93. The summed E-state index contributed by atoms with van der Waals surface area (Å²) in [5.41, 5.74) is 6.39. The molecule has 3 aromatic carbocycles. The van der Waals surface area contributed by atoms with Gasteiger partial charge in [0.15, 0.2) is 0 Å². The molecule has 1 heterocycles. The number of nitrogens with one attached hydrogen (secondary N) is 1. The maximum Gasteiger partial charge on any atom is 0.251 e. The molecule has 1 N–H and O–H groups in total. The fourth-order valence-electron chi connectivity index (χ4n) is 4.67. The molecule has 0 radical (unpaired) electrons. The summed E-state index contributed by atoms with van der Waals surface area (Å²) in [6, 6.07) is 24.9. The zero-order chi connectivity index (χ0) is 23.5. The second-order valence-corrected chi connectivity index (χ2v) is 9.31. The van der Waals surface area contributed by atoms with Gasteiger partial charge in [-0.15, -0.1) is 0 Å². The summed E-state index contributed by atoms with van der Waals surface area (Å²) in [7, 11) is 1.61. The first-order chi connectivity index (χ1) is 16.7. The molecule has 4 nitrogen and oxygen atoms in total. The first kappa shape index (κ1) is 22.7. The van der Waals surface area contributed by atoms with E-state index >= 15 is 0 Å². The molecule has 0 bridgehead atoms. The number of amides is 1. The number of hydrogen-bond donors (Lipinski definition) is 1. The number of benzene rings is 3. The van der Waals surface area contributed by atoms with Gasteiger partial charge in [0.1, 0.15) is 5.75 Å². The maximum absolute atomic E-state index is 13.9. The van der Waals surface area contributed by atoms with E-state index in [4.69, 9.17) is 16.3 Å². The van der Waals surface area contributed by atoms with E-state index in [9.17, 15) is 4.79 Å². The normalized spacial score (nSPS) is 15.8. The Labute approximate surface area is 206 Å². The topological polar surface area (TPSA) is 41.6 Å². The lowest BCUT2D eigenvalue weighted by Crippen LogP contribution is -2.39. The summed E-state index contributed by atoms with van der Waals surface area (Å²) >= 11 is 6.58. The van der Waals surface area contributed by atoms with Crippen molar-refractivity contribution in [2.24, 2.45) is 0 Å². The lowest BCUT2D eigenvalue weighted by Gasteiger charge is -2.29. The minimum Gasteiger partial charge on any atom is -0.495 e. The number of halogens is 1. The fraction of sp³-hybridized carbons (Fsp3) is 0.276. The number of methoxy groups -OCH3 is 1. The predicted octanol–water partition coefficient (Wildman–Crippen LogP) is 5.95. The Kier molecular flexibility index (Phi) is 6.70. The Hall–Kier alpha value is -3.08. The van der Waals surface area contributed by atoms with Crippen LogP contribution in [-0.4, -0.2) is 37.0 Å². The average molecular weight is 473 g/mol. The molecule has 1 amide bonds. The van der Waals surface area contributed by atoms with Gasteiger partial charge in [-0.3, -0.25) is 4.79 Å². The van der Waals surface area contributed by atoms with Crippen LogP contribution in [0.1, 0.15) is 30.4 Å². The highest BCUT2D eigenvalue weighted by atomic mass is 35.5. The Bertz CT molecular complexity index is 1220. The van der Waals surface area contributed by atoms with Gasteiger partial charge in [0.2, 0.25) is 0 Å². The van der Waals surface area contributed by atoms with E-state index in [1.807, 2.05) is 29.2 Å². The van der Waals surface area contributed by atoms with Gasteiger partial charge in [-0.25, -0.2) is 0 Å². The third-order valence-electron chi connectivity index (χ3n) is 6.65. The second-order valence-electron chi connectivity index (χ2n) is 8.93. The predicted molar refractivity (Wildman–Crippen MR) is 138 cm³/mol. The number of rotatable bonds is 7. The molecule has 0 aromatic heterocycles. The van der Waals surface area contributed by atoms with Gasteiger partial charge in [0.25, 0.3) is 5.91 Å². The molecule has 0 atom stereocenters. The quantitative estimate of drug-likeness (QED) is 0.461. The van der Waals surface area contributed by atoms with Crippen LogP contribution in [0.5, 0.6) is 5.75 Å². The smallest absolute Gasteiger partial charge is 0.251 e. The molecule has 2 aliphatic rings. The Balaban J connectivity index is 1.49. The van der Waals surface area contributed by atoms with Crippen molar-refractivity contribution in [3.05, 3.63) is 94.5 Å². The summed E-state index contributed by atoms with van der Waals surface area (Å²) in [6.45, 7) is 1.94. The zero-order valence-corrected chi connectivity index (χ0v) is 20.1. The third kappa shape index (κ3) is 4.75. The van der Waals surface area contributed by atoms with Gasteiger partial charge in [-0.2, -0.15) is 0 Å². The summed E-state index contributed by atoms with van der Waals surface area (Å²) in [4.78, 5) is 15.9. The van der Waals surface area contributed by atoms with Crippen molar-refractivity contribution in [1.82, 2.24) is 10.2 Å². The summed E-state index contributed by atoms with van der Waals surface area (Å²) in [5.74, 6) is 0.744. The monoisotopic (exact) mass is 472 g/mol. The van der Waals surface area contributed by atoms with Gasteiger partial charge in [0, 0.05) is 24.7 Å². The van der Waals surface area contributed by atoms with Crippen LogP contribution in [0.3, 0.4) is 0 Å². The molecule has 3 aromatic rings. The highest BCUT2D eigenvalue weighted by Crippen LogP contribution is 2.36. The van der Waals surface area contributed by atoms with Crippen LogP contribution < -0.4 is 10.1 Å². The molecule has 0 spiro atoms. The molecule has 0 saturated heterocycles. The van der Waals surface area contributed by atoms with Crippen LogP contribution in [0.15, 0.2) is 78.4 Å². The standard InChI is InChI=1S/C29H29ClN2O2/c1-34-27-12-6-11-23(28(27)30)19-32(24-13-14-24)29(33)26-18-31-16-15-25(26)22-10-5-9-21(17-22)20-7-3-2-4-8-20/h2-12,17,24,31H,13-16,18-19H2,1H3. The number of nitrogens with zero attached hydrogens (tertiary/aromatic N) is 1.